The van der Waals surface area contributed by atoms with Crippen molar-refractivity contribution in [2.24, 2.45) is 0 Å². The van der Waals surface area contributed by atoms with Crippen LogP contribution in [0, 0.1) is 5.82 Å². The molecule has 5 nitrogen and oxygen atoms in total. The van der Waals surface area contributed by atoms with Gasteiger partial charge in [0.1, 0.15) is 11.6 Å². The first-order chi connectivity index (χ1) is 11.9. The molecule has 25 heavy (non-hydrogen) atoms. The molecule has 0 atom stereocenters. The Labute approximate surface area is 149 Å². The Morgan fingerprint density at radius 2 is 1.84 bits per heavy atom. The van der Waals surface area contributed by atoms with Gasteiger partial charge in [0, 0.05) is 24.2 Å². The molecule has 0 saturated carbocycles. The normalized spacial score (nSPS) is 10.2. The standard InChI is InChI=1S/C18H17ClFNO4/c1-21(10-14-15(19)4-3-5-16(14)20)17(22)11-25-13-8-6-12(7-9-13)18(23)24-2/h3-9H,10-11H2,1-2H3. The molecule has 0 aliphatic carbocycles. The van der Waals surface area contributed by atoms with Crippen molar-refractivity contribution in [2.45, 2.75) is 6.54 Å². The van der Waals surface area contributed by atoms with Crippen molar-refractivity contribution < 1.29 is 23.5 Å². The molecular formula is C18H17ClFNO4. The highest BCUT2D eigenvalue weighted by Crippen LogP contribution is 2.20. The number of likely N-dealkylation sites (N-methyl/N-ethyl adjacent to an activating group) is 1. The highest BCUT2D eigenvalue weighted by atomic mass is 35.5. The molecule has 0 radical (unpaired) electrons. The van der Waals surface area contributed by atoms with Crippen LogP contribution in [0.1, 0.15) is 15.9 Å². The van der Waals surface area contributed by atoms with Gasteiger partial charge in [-0.25, -0.2) is 9.18 Å². The van der Waals surface area contributed by atoms with Gasteiger partial charge in [-0.15, -0.1) is 0 Å². The summed E-state index contributed by atoms with van der Waals surface area (Å²) in [7, 11) is 2.83. The predicted octanol–water partition coefficient (Wildman–Crippen LogP) is 3.30. The molecule has 132 valence electrons. The molecule has 0 heterocycles. The lowest BCUT2D eigenvalue weighted by Gasteiger charge is -2.18. The van der Waals surface area contributed by atoms with Gasteiger partial charge in [-0.3, -0.25) is 4.79 Å². The smallest absolute Gasteiger partial charge is 0.337 e. The average molecular weight is 366 g/mol. The number of methoxy groups -OCH3 is 1. The molecule has 0 saturated heterocycles. The number of esters is 1. The topological polar surface area (TPSA) is 55.8 Å². The van der Waals surface area contributed by atoms with E-state index in [4.69, 9.17) is 16.3 Å². The molecule has 0 unspecified atom stereocenters. The lowest BCUT2D eigenvalue weighted by Crippen LogP contribution is -2.31. The van der Waals surface area contributed by atoms with Crippen LogP contribution in [0.5, 0.6) is 5.75 Å². The van der Waals surface area contributed by atoms with E-state index in [1.807, 2.05) is 0 Å². The number of nitrogens with zero attached hydrogens (tertiary/aromatic N) is 1. The second-order valence-corrected chi connectivity index (χ2v) is 5.66. The first-order valence-corrected chi connectivity index (χ1v) is 7.78. The van der Waals surface area contributed by atoms with Crippen molar-refractivity contribution >= 4 is 23.5 Å². The quantitative estimate of drug-likeness (QED) is 0.737. The molecule has 0 spiro atoms. The van der Waals surface area contributed by atoms with E-state index in [1.165, 1.54) is 43.3 Å². The zero-order valence-electron chi connectivity index (χ0n) is 13.8. The summed E-state index contributed by atoms with van der Waals surface area (Å²) >= 11 is 5.96. The number of halogens is 2. The fourth-order valence-corrected chi connectivity index (χ4v) is 2.29. The van der Waals surface area contributed by atoms with Crippen molar-refractivity contribution in [1.82, 2.24) is 4.90 Å². The second-order valence-electron chi connectivity index (χ2n) is 5.25. The molecule has 1 amide bonds. The maximum Gasteiger partial charge on any atom is 0.337 e. The highest BCUT2D eigenvalue weighted by Gasteiger charge is 2.15. The van der Waals surface area contributed by atoms with Crippen LogP contribution < -0.4 is 4.74 Å². The van der Waals surface area contributed by atoms with E-state index in [-0.39, 0.29) is 29.6 Å². The van der Waals surface area contributed by atoms with E-state index < -0.39 is 11.8 Å². The van der Waals surface area contributed by atoms with E-state index in [1.54, 1.807) is 18.2 Å². The number of ether oxygens (including phenoxy) is 2. The van der Waals surface area contributed by atoms with Crippen LogP contribution in [0.25, 0.3) is 0 Å². The third-order valence-corrected chi connectivity index (χ3v) is 3.87. The Morgan fingerprint density at radius 1 is 1.16 bits per heavy atom. The molecule has 0 N–H and O–H groups in total. The highest BCUT2D eigenvalue weighted by molar-refractivity contribution is 6.31. The number of rotatable bonds is 6. The first kappa shape index (κ1) is 18.7. The third-order valence-electron chi connectivity index (χ3n) is 3.52. The molecule has 7 heteroatoms. The van der Waals surface area contributed by atoms with Gasteiger partial charge in [0.25, 0.3) is 5.91 Å². The summed E-state index contributed by atoms with van der Waals surface area (Å²) < 4.78 is 23.8. The van der Waals surface area contributed by atoms with Gasteiger partial charge in [-0.05, 0) is 36.4 Å². The van der Waals surface area contributed by atoms with Crippen LogP contribution in [-0.2, 0) is 16.1 Å². The van der Waals surface area contributed by atoms with E-state index in [9.17, 15) is 14.0 Å². The van der Waals surface area contributed by atoms with Crippen LogP contribution >= 0.6 is 11.6 Å². The molecule has 2 aromatic carbocycles. The van der Waals surface area contributed by atoms with E-state index in [0.717, 1.165) is 0 Å². The number of benzene rings is 2. The number of hydrogen-bond acceptors (Lipinski definition) is 4. The summed E-state index contributed by atoms with van der Waals surface area (Å²) in [6.45, 7) is -0.185. The first-order valence-electron chi connectivity index (χ1n) is 7.40. The molecular weight excluding hydrogens is 349 g/mol. The van der Waals surface area contributed by atoms with Gasteiger partial charge in [-0.1, -0.05) is 17.7 Å². The SMILES string of the molecule is COC(=O)c1ccc(OCC(=O)N(C)Cc2c(F)cccc2Cl)cc1. The monoisotopic (exact) mass is 365 g/mol. The zero-order chi connectivity index (χ0) is 18.4. The molecule has 0 bridgehead atoms. The largest absolute Gasteiger partial charge is 0.484 e. The zero-order valence-corrected chi connectivity index (χ0v) is 14.5. The van der Waals surface area contributed by atoms with E-state index >= 15 is 0 Å². The Morgan fingerprint density at radius 3 is 2.44 bits per heavy atom. The van der Waals surface area contributed by atoms with Crippen LogP contribution in [0.3, 0.4) is 0 Å². The van der Waals surface area contributed by atoms with Crippen molar-refractivity contribution in [1.29, 1.82) is 0 Å². The maximum atomic E-state index is 13.8. The average Bonchev–Trinajstić information content (AvgIpc) is 2.62. The molecule has 0 fully saturated rings. The predicted molar refractivity (Wildman–Crippen MR) is 91.2 cm³/mol. The van der Waals surface area contributed by atoms with E-state index in [2.05, 4.69) is 4.74 Å². The third kappa shape index (κ3) is 4.93. The van der Waals surface area contributed by atoms with Crippen molar-refractivity contribution in [3.05, 3.63) is 64.4 Å². The van der Waals surface area contributed by atoms with Gasteiger partial charge in [-0.2, -0.15) is 0 Å². The maximum absolute atomic E-state index is 13.8. The van der Waals surface area contributed by atoms with Crippen molar-refractivity contribution in [3.8, 4) is 5.75 Å². The summed E-state index contributed by atoms with van der Waals surface area (Å²) in [6, 6.07) is 10.6. The van der Waals surface area contributed by atoms with Gasteiger partial charge in [0.2, 0.25) is 0 Å². The molecule has 0 aromatic heterocycles. The van der Waals surface area contributed by atoms with Crippen molar-refractivity contribution in [3.63, 3.8) is 0 Å². The fourth-order valence-electron chi connectivity index (χ4n) is 2.07. The van der Waals surface area contributed by atoms with Gasteiger partial charge >= 0.3 is 5.97 Å². The van der Waals surface area contributed by atoms with Gasteiger partial charge in [0.15, 0.2) is 6.61 Å². The molecule has 2 aromatic rings. The minimum atomic E-state index is -0.466. The number of hydrogen-bond donors (Lipinski definition) is 0. The second kappa shape index (κ2) is 8.48. The van der Waals surface area contributed by atoms with Crippen molar-refractivity contribution in [2.75, 3.05) is 20.8 Å². The van der Waals surface area contributed by atoms with E-state index in [0.29, 0.717) is 11.3 Å². The van der Waals surface area contributed by atoms with Crippen LogP contribution in [0.4, 0.5) is 4.39 Å². The van der Waals surface area contributed by atoms with Crippen LogP contribution in [0.15, 0.2) is 42.5 Å². The lowest BCUT2D eigenvalue weighted by molar-refractivity contribution is -0.132. The van der Waals surface area contributed by atoms with Crippen LogP contribution in [0.2, 0.25) is 5.02 Å². The minimum Gasteiger partial charge on any atom is -0.484 e. The minimum absolute atomic E-state index is 0.0367. The Kier molecular flexibility index (Phi) is 6.36. The summed E-state index contributed by atoms with van der Waals surface area (Å²) in [5, 5.41) is 0.263. The van der Waals surface area contributed by atoms with Crippen LogP contribution in [-0.4, -0.2) is 37.5 Å². The van der Waals surface area contributed by atoms with Gasteiger partial charge in [0.05, 0.1) is 12.7 Å². The molecule has 2 rings (SSSR count). The Hall–Kier alpha value is -2.60. The summed E-state index contributed by atoms with van der Waals surface area (Å²) in [4.78, 5) is 24.8. The fraction of sp³-hybridized carbons (Fsp3) is 0.222. The number of carbonyl (C=O) groups excluding carboxylic acids is 2. The Balaban J connectivity index is 1.92. The van der Waals surface area contributed by atoms with Gasteiger partial charge < -0.3 is 14.4 Å². The number of carbonyl (C=O) groups is 2. The summed E-state index contributed by atoms with van der Waals surface area (Å²) in [5.41, 5.74) is 0.634. The summed E-state index contributed by atoms with van der Waals surface area (Å²) in [6.07, 6.45) is 0. The lowest BCUT2D eigenvalue weighted by atomic mass is 10.2. The Bertz CT molecular complexity index is 744. The molecule has 0 aliphatic rings. The number of amides is 1. The summed E-state index contributed by atoms with van der Waals surface area (Å²) in [5.74, 6) is -0.828. The molecule has 0 aliphatic heterocycles.